The molecule has 19 heavy (non-hydrogen) atoms. The van der Waals surface area contributed by atoms with Crippen LogP contribution in [0.1, 0.15) is 43.9 Å². The minimum atomic E-state index is -3.09. The van der Waals surface area contributed by atoms with Crippen LogP contribution in [-0.4, -0.2) is 27.8 Å². The van der Waals surface area contributed by atoms with Crippen LogP contribution in [0, 0.1) is 0 Å². The molecule has 108 valence electrons. The lowest BCUT2D eigenvalue weighted by molar-refractivity contribution is 0.556. The van der Waals surface area contributed by atoms with Crippen molar-refractivity contribution in [3.05, 3.63) is 35.4 Å². The summed E-state index contributed by atoms with van der Waals surface area (Å²) in [5, 5.41) is 3.29. The van der Waals surface area contributed by atoms with Gasteiger partial charge in [-0.05, 0) is 24.0 Å². The molecule has 0 aliphatic carbocycles. The molecule has 1 atom stereocenters. The van der Waals surface area contributed by atoms with E-state index in [4.69, 9.17) is 0 Å². The van der Waals surface area contributed by atoms with Gasteiger partial charge in [-0.3, -0.25) is 0 Å². The van der Waals surface area contributed by atoms with E-state index >= 15 is 0 Å². The van der Waals surface area contributed by atoms with Gasteiger partial charge in [-0.25, -0.2) is 13.1 Å². The molecular weight excluding hydrogens is 260 g/mol. The number of hydrogen-bond acceptors (Lipinski definition) is 3. The lowest BCUT2D eigenvalue weighted by Gasteiger charge is -2.15. The monoisotopic (exact) mass is 284 g/mol. The molecule has 0 aliphatic rings. The summed E-state index contributed by atoms with van der Waals surface area (Å²) in [5.74, 6) is 0.538. The van der Waals surface area contributed by atoms with Crippen LogP contribution in [0.3, 0.4) is 0 Å². The first-order valence-electron chi connectivity index (χ1n) is 6.57. The van der Waals surface area contributed by atoms with Crippen molar-refractivity contribution in [2.75, 3.05) is 19.3 Å². The number of sulfonamides is 1. The number of benzene rings is 1. The fourth-order valence-electron chi connectivity index (χ4n) is 1.81. The first-order valence-corrected chi connectivity index (χ1v) is 8.46. The van der Waals surface area contributed by atoms with Gasteiger partial charge in [0.2, 0.25) is 10.0 Å². The van der Waals surface area contributed by atoms with E-state index in [0.29, 0.717) is 19.0 Å². The normalized spacial score (nSPS) is 13.7. The third kappa shape index (κ3) is 6.18. The predicted molar refractivity (Wildman–Crippen MR) is 79.8 cm³/mol. The third-order valence-corrected chi connectivity index (χ3v) is 3.77. The van der Waals surface area contributed by atoms with E-state index in [0.717, 1.165) is 0 Å². The molecule has 1 rings (SSSR count). The zero-order valence-corrected chi connectivity index (χ0v) is 12.9. The fourth-order valence-corrected chi connectivity index (χ4v) is 2.29. The van der Waals surface area contributed by atoms with Crippen LogP contribution in [-0.2, 0) is 10.0 Å². The summed E-state index contributed by atoms with van der Waals surface area (Å²) in [7, 11) is -3.09. The van der Waals surface area contributed by atoms with Crippen LogP contribution < -0.4 is 10.0 Å². The predicted octanol–water partition coefficient (Wildman–Crippen LogP) is 2.01. The molecule has 5 heteroatoms. The second kappa shape index (κ2) is 7.03. The number of hydrogen-bond donors (Lipinski definition) is 2. The Kier molecular flexibility index (Phi) is 5.97. The molecule has 0 amide bonds. The van der Waals surface area contributed by atoms with Gasteiger partial charge < -0.3 is 5.32 Å². The Labute approximate surface area is 116 Å². The van der Waals surface area contributed by atoms with E-state index in [2.05, 4.69) is 55.1 Å². The van der Waals surface area contributed by atoms with Gasteiger partial charge in [0.25, 0.3) is 0 Å². The maximum absolute atomic E-state index is 10.9. The van der Waals surface area contributed by atoms with E-state index in [-0.39, 0.29) is 6.04 Å². The average molecular weight is 284 g/mol. The van der Waals surface area contributed by atoms with E-state index in [1.165, 1.54) is 17.4 Å². The van der Waals surface area contributed by atoms with Crippen LogP contribution in [0.15, 0.2) is 24.3 Å². The highest BCUT2D eigenvalue weighted by Gasteiger charge is 2.06. The van der Waals surface area contributed by atoms with Crippen molar-refractivity contribution >= 4 is 10.0 Å². The maximum Gasteiger partial charge on any atom is 0.208 e. The highest BCUT2D eigenvalue weighted by atomic mass is 32.2. The first-order chi connectivity index (χ1) is 8.79. The Morgan fingerprint density at radius 1 is 1.00 bits per heavy atom. The summed E-state index contributed by atoms with van der Waals surface area (Å²) in [5.41, 5.74) is 2.54. The molecule has 0 saturated heterocycles. The molecule has 0 spiro atoms. The Balaban J connectivity index is 2.43. The van der Waals surface area contributed by atoms with Gasteiger partial charge in [0, 0.05) is 19.1 Å². The van der Waals surface area contributed by atoms with Crippen molar-refractivity contribution in [1.82, 2.24) is 10.0 Å². The fraction of sp³-hybridized carbons (Fsp3) is 0.571. The summed E-state index contributed by atoms with van der Waals surface area (Å²) < 4.78 is 24.3. The molecule has 0 bridgehead atoms. The molecule has 1 aromatic carbocycles. The van der Waals surface area contributed by atoms with Crippen molar-refractivity contribution in [3.63, 3.8) is 0 Å². The molecule has 4 nitrogen and oxygen atoms in total. The Bertz CT molecular complexity index is 481. The lowest BCUT2D eigenvalue weighted by atomic mass is 10.00. The summed E-state index contributed by atoms with van der Waals surface area (Å²) in [6, 6.07) is 8.75. The molecule has 0 radical (unpaired) electrons. The highest BCUT2D eigenvalue weighted by molar-refractivity contribution is 7.88. The summed E-state index contributed by atoms with van der Waals surface area (Å²) in [6.07, 6.45) is 1.17. The smallest absolute Gasteiger partial charge is 0.208 e. The van der Waals surface area contributed by atoms with Crippen molar-refractivity contribution in [3.8, 4) is 0 Å². The van der Waals surface area contributed by atoms with E-state index < -0.39 is 10.0 Å². The molecular formula is C14H24N2O2S. The minimum Gasteiger partial charge on any atom is -0.309 e. The standard InChI is InChI=1S/C14H24N2O2S/c1-11(2)13-5-7-14(8-6-13)12(3)15-9-10-16-19(4,17)18/h5-8,11-12,15-16H,9-10H2,1-4H3. The van der Waals surface area contributed by atoms with Crippen LogP contribution in [0.4, 0.5) is 0 Å². The van der Waals surface area contributed by atoms with Crippen molar-refractivity contribution in [1.29, 1.82) is 0 Å². The molecule has 1 unspecified atom stereocenters. The molecule has 2 N–H and O–H groups in total. The van der Waals surface area contributed by atoms with E-state index in [9.17, 15) is 8.42 Å². The SMILES string of the molecule is CC(C)c1ccc(C(C)NCCNS(C)(=O)=O)cc1. The maximum atomic E-state index is 10.9. The molecule has 1 aromatic rings. The van der Waals surface area contributed by atoms with Crippen LogP contribution in [0.2, 0.25) is 0 Å². The van der Waals surface area contributed by atoms with Crippen LogP contribution >= 0.6 is 0 Å². The van der Waals surface area contributed by atoms with E-state index in [1.54, 1.807) is 0 Å². The van der Waals surface area contributed by atoms with Gasteiger partial charge in [-0.15, -0.1) is 0 Å². The van der Waals surface area contributed by atoms with Gasteiger partial charge in [0.05, 0.1) is 6.26 Å². The molecule has 0 fully saturated rings. The topological polar surface area (TPSA) is 58.2 Å². The van der Waals surface area contributed by atoms with E-state index in [1.807, 2.05) is 0 Å². The third-order valence-electron chi connectivity index (χ3n) is 3.04. The number of rotatable bonds is 7. The van der Waals surface area contributed by atoms with Gasteiger partial charge >= 0.3 is 0 Å². The molecule has 0 aliphatic heterocycles. The van der Waals surface area contributed by atoms with Crippen molar-refractivity contribution < 1.29 is 8.42 Å². The van der Waals surface area contributed by atoms with Gasteiger partial charge in [0.1, 0.15) is 0 Å². The van der Waals surface area contributed by atoms with Gasteiger partial charge in [-0.1, -0.05) is 38.1 Å². The average Bonchev–Trinajstić information content (AvgIpc) is 2.33. The largest absolute Gasteiger partial charge is 0.309 e. The van der Waals surface area contributed by atoms with Gasteiger partial charge in [0.15, 0.2) is 0 Å². The quantitative estimate of drug-likeness (QED) is 0.753. The summed E-state index contributed by atoms with van der Waals surface area (Å²) in [4.78, 5) is 0. The summed E-state index contributed by atoms with van der Waals surface area (Å²) in [6.45, 7) is 7.44. The zero-order valence-electron chi connectivity index (χ0n) is 12.1. The molecule has 0 heterocycles. The first kappa shape index (κ1) is 16.1. The van der Waals surface area contributed by atoms with Crippen molar-refractivity contribution in [2.45, 2.75) is 32.7 Å². The lowest BCUT2D eigenvalue weighted by Crippen LogP contribution is -2.32. The van der Waals surface area contributed by atoms with Crippen LogP contribution in [0.5, 0.6) is 0 Å². The van der Waals surface area contributed by atoms with Gasteiger partial charge in [-0.2, -0.15) is 0 Å². The Hall–Kier alpha value is -0.910. The van der Waals surface area contributed by atoms with Crippen molar-refractivity contribution in [2.24, 2.45) is 0 Å². The Morgan fingerprint density at radius 3 is 2.00 bits per heavy atom. The van der Waals surface area contributed by atoms with Crippen LogP contribution in [0.25, 0.3) is 0 Å². The second-order valence-electron chi connectivity index (χ2n) is 5.16. The highest BCUT2D eigenvalue weighted by Crippen LogP contribution is 2.18. The summed E-state index contributed by atoms with van der Waals surface area (Å²) >= 11 is 0. The Morgan fingerprint density at radius 2 is 1.53 bits per heavy atom. The second-order valence-corrected chi connectivity index (χ2v) is 7.00. The number of nitrogens with one attached hydrogen (secondary N) is 2. The minimum absolute atomic E-state index is 0.211. The molecule has 0 aromatic heterocycles. The molecule has 0 saturated carbocycles. The zero-order chi connectivity index (χ0) is 14.5.